The highest BCUT2D eigenvalue weighted by Gasteiger charge is 2.34. The molecule has 2 amide bonds. The Balaban J connectivity index is 1.43. The molecule has 0 saturated carbocycles. The SMILES string of the molecule is O=C1S/C(=C\c2ccc(Oc3ccc([N+](=O)[O-])cn3)cc2)C(=O)N1Cc1ccc(F)cc1. The van der Waals surface area contributed by atoms with Crippen LogP contribution in [0.5, 0.6) is 11.6 Å². The summed E-state index contributed by atoms with van der Waals surface area (Å²) >= 11 is 0.838. The number of benzene rings is 2. The van der Waals surface area contributed by atoms with E-state index in [2.05, 4.69) is 4.98 Å². The Bertz CT molecular complexity index is 1210. The molecule has 1 aliphatic heterocycles. The molecule has 2 heterocycles. The smallest absolute Gasteiger partial charge is 0.293 e. The second-order valence-electron chi connectivity index (χ2n) is 6.68. The van der Waals surface area contributed by atoms with Gasteiger partial charge < -0.3 is 4.74 Å². The molecule has 0 atom stereocenters. The van der Waals surface area contributed by atoms with Gasteiger partial charge in [-0.1, -0.05) is 24.3 Å². The topological polar surface area (TPSA) is 103 Å². The molecule has 160 valence electrons. The van der Waals surface area contributed by atoms with Crippen LogP contribution in [0.2, 0.25) is 0 Å². The molecule has 0 radical (unpaired) electrons. The minimum Gasteiger partial charge on any atom is -0.439 e. The summed E-state index contributed by atoms with van der Waals surface area (Å²) in [4.78, 5) is 40.3. The van der Waals surface area contributed by atoms with Crippen LogP contribution < -0.4 is 4.74 Å². The number of nitro groups is 1. The molecule has 10 heteroatoms. The number of nitrogens with zero attached hydrogens (tertiary/aromatic N) is 3. The number of ether oxygens (including phenoxy) is 1. The van der Waals surface area contributed by atoms with Crippen molar-refractivity contribution < 1.29 is 23.6 Å². The Kier molecular flexibility index (Phi) is 5.95. The van der Waals surface area contributed by atoms with E-state index in [0.29, 0.717) is 16.9 Å². The summed E-state index contributed by atoms with van der Waals surface area (Å²) in [5.74, 6) is -0.155. The first-order valence-corrected chi connectivity index (χ1v) is 10.1. The maximum absolute atomic E-state index is 13.1. The predicted molar refractivity (Wildman–Crippen MR) is 115 cm³/mol. The van der Waals surface area contributed by atoms with Gasteiger partial charge in [-0.3, -0.25) is 24.6 Å². The van der Waals surface area contributed by atoms with Crippen molar-refractivity contribution in [1.29, 1.82) is 0 Å². The van der Waals surface area contributed by atoms with Gasteiger partial charge in [0.2, 0.25) is 5.88 Å². The van der Waals surface area contributed by atoms with E-state index >= 15 is 0 Å². The molecule has 0 bridgehead atoms. The zero-order valence-corrected chi connectivity index (χ0v) is 17.1. The molecule has 0 N–H and O–H groups in total. The fraction of sp³-hybridized carbons (Fsp3) is 0.0455. The Morgan fingerprint density at radius 3 is 2.41 bits per heavy atom. The molecule has 1 aromatic heterocycles. The third-order valence-corrected chi connectivity index (χ3v) is 5.37. The average Bonchev–Trinajstić information content (AvgIpc) is 3.04. The van der Waals surface area contributed by atoms with Crippen LogP contribution in [0.1, 0.15) is 11.1 Å². The number of thioether (sulfide) groups is 1. The van der Waals surface area contributed by atoms with Gasteiger partial charge in [-0.25, -0.2) is 9.37 Å². The minimum absolute atomic E-state index is 0.0668. The van der Waals surface area contributed by atoms with E-state index in [9.17, 15) is 24.1 Å². The summed E-state index contributed by atoms with van der Waals surface area (Å²) in [7, 11) is 0. The quantitative estimate of drug-likeness (QED) is 0.290. The highest BCUT2D eigenvalue weighted by Crippen LogP contribution is 2.33. The van der Waals surface area contributed by atoms with Crippen molar-refractivity contribution in [3.05, 3.63) is 98.8 Å². The monoisotopic (exact) mass is 451 g/mol. The molecular weight excluding hydrogens is 437 g/mol. The fourth-order valence-corrected chi connectivity index (χ4v) is 3.69. The number of imide groups is 1. The summed E-state index contributed by atoms with van der Waals surface area (Å²) in [6.07, 6.45) is 2.70. The first-order chi connectivity index (χ1) is 15.4. The largest absolute Gasteiger partial charge is 0.439 e. The summed E-state index contributed by atoms with van der Waals surface area (Å²) in [6, 6.07) is 15.0. The molecule has 1 aliphatic rings. The summed E-state index contributed by atoms with van der Waals surface area (Å²) in [5.41, 5.74) is 1.19. The van der Waals surface area contributed by atoms with Crippen LogP contribution >= 0.6 is 11.8 Å². The van der Waals surface area contributed by atoms with Crippen LogP contribution in [0.4, 0.5) is 14.9 Å². The Labute approximate surface area is 185 Å². The van der Waals surface area contributed by atoms with Gasteiger partial charge in [-0.15, -0.1) is 0 Å². The van der Waals surface area contributed by atoms with Crippen LogP contribution in [0.3, 0.4) is 0 Å². The number of carbonyl (C=O) groups excluding carboxylic acids is 2. The fourth-order valence-electron chi connectivity index (χ4n) is 2.85. The van der Waals surface area contributed by atoms with Crippen molar-refractivity contribution in [2.75, 3.05) is 0 Å². The average molecular weight is 451 g/mol. The van der Waals surface area contributed by atoms with Gasteiger partial charge >= 0.3 is 0 Å². The number of hydrogen-bond donors (Lipinski definition) is 0. The number of halogens is 1. The highest BCUT2D eigenvalue weighted by molar-refractivity contribution is 8.18. The van der Waals surface area contributed by atoms with Crippen molar-refractivity contribution in [1.82, 2.24) is 9.88 Å². The van der Waals surface area contributed by atoms with Crippen LogP contribution in [0.25, 0.3) is 6.08 Å². The van der Waals surface area contributed by atoms with Crippen molar-refractivity contribution in [2.45, 2.75) is 6.54 Å². The van der Waals surface area contributed by atoms with Crippen LogP contribution in [-0.4, -0.2) is 26.0 Å². The number of amides is 2. The molecule has 0 spiro atoms. The van der Waals surface area contributed by atoms with Crippen molar-refractivity contribution in [3.63, 3.8) is 0 Å². The molecule has 0 unspecified atom stereocenters. The van der Waals surface area contributed by atoms with E-state index in [-0.39, 0.29) is 28.8 Å². The predicted octanol–water partition coefficient (Wildman–Crippen LogP) is 5.16. The highest BCUT2D eigenvalue weighted by atomic mass is 32.2. The first-order valence-electron chi connectivity index (χ1n) is 9.27. The molecule has 0 aliphatic carbocycles. The molecule has 1 fully saturated rings. The lowest BCUT2D eigenvalue weighted by atomic mass is 10.2. The Hall–Kier alpha value is -4.05. The Morgan fingerprint density at radius 1 is 1.06 bits per heavy atom. The van der Waals surface area contributed by atoms with Gasteiger partial charge in [0, 0.05) is 12.1 Å². The van der Waals surface area contributed by atoms with E-state index in [1.807, 2.05) is 0 Å². The second kappa shape index (κ2) is 8.98. The zero-order chi connectivity index (χ0) is 22.7. The zero-order valence-electron chi connectivity index (χ0n) is 16.3. The van der Waals surface area contributed by atoms with E-state index in [1.54, 1.807) is 30.3 Å². The second-order valence-corrected chi connectivity index (χ2v) is 7.67. The summed E-state index contributed by atoms with van der Waals surface area (Å²) in [5, 5.41) is 10.3. The van der Waals surface area contributed by atoms with E-state index in [1.165, 1.54) is 36.4 Å². The molecule has 4 rings (SSSR count). The van der Waals surface area contributed by atoms with Gasteiger partial charge in [-0.05, 0) is 53.2 Å². The van der Waals surface area contributed by atoms with Crippen molar-refractivity contribution in [3.8, 4) is 11.6 Å². The summed E-state index contributed by atoms with van der Waals surface area (Å²) < 4.78 is 18.6. The van der Waals surface area contributed by atoms with Crippen LogP contribution in [0, 0.1) is 15.9 Å². The van der Waals surface area contributed by atoms with Crippen molar-refractivity contribution >= 4 is 34.7 Å². The maximum Gasteiger partial charge on any atom is 0.293 e. The molecule has 2 aromatic carbocycles. The van der Waals surface area contributed by atoms with Gasteiger partial charge in [0.05, 0.1) is 16.4 Å². The lowest BCUT2D eigenvalue weighted by molar-refractivity contribution is -0.385. The third-order valence-electron chi connectivity index (χ3n) is 4.46. The number of hydrogen-bond acceptors (Lipinski definition) is 7. The lowest BCUT2D eigenvalue weighted by Gasteiger charge is -2.12. The molecule has 3 aromatic rings. The summed E-state index contributed by atoms with van der Waals surface area (Å²) in [6.45, 7) is 0.0668. The number of pyridine rings is 1. The van der Waals surface area contributed by atoms with Crippen LogP contribution in [0.15, 0.2) is 71.8 Å². The Morgan fingerprint density at radius 2 is 1.78 bits per heavy atom. The first kappa shape index (κ1) is 21.2. The molecule has 1 saturated heterocycles. The standard InChI is InChI=1S/C22H14FN3O5S/c23-16-5-1-15(2-6-16)13-25-21(27)19(32-22(25)28)11-14-3-8-18(9-4-14)31-20-10-7-17(12-24-20)26(29)30/h1-12H,13H2/b19-11-. The number of rotatable bonds is 6. The van der Waals surface area contributed by atoms with E-state index in [0.717, 1.165) is 22.9 Å². The van der Waals surface area contributed by atoms with Gasteiger partial charge in [-0.2, -0.15) is 0 Å². The maximum atomic E-state index is 13.1. The van der Waals surface area contributed by atoms with Crippen molar-refractivity contribution in [2.24, 2.45) is 0 Å². The number of aromatic nitrogens is 1. The van der Waals surface area contributed by atoms with E-state index in [4.69, 9.17) is 4.74 Å². The normalized spacial score (nSPS) is 14.8. The van der Waals surface area contributed by atoms with Gasteiger partial charge in [0.1, 0.15) is 17.8 Å². The minimum atomic E-state index is -0.549. The lowest BCUT2D eigenvalue weighted by Crippen LogP contribution is -2.27. The van der Waals surface area contributed by atoms with Gasteiger partial charge in [0.25, 0.3) is 16.8 Å². The number of carbonyl (C=O) groups is 2. The molecular formula is C22H14FN3O5S. The molecule has 32 heavy (non-hydrogen) atoms. The van der Waals surface area contributed by atoms with Gasteiger partial charge in [0.15, 0.2) is 0 Å². The van der Waals surface area contributed by atoms with Crippen LogP contribution in [-0.2, 0) is 11.3 Å². The molecule has 8 nitrogen and oxygen atoms in total. The third kappa shape index (κ3) is 4.81. The van der Waals surface area contributed by atoms with E-state index < -0.39 is 16.1 Å².